The lowest BCUT2D eigenvalue weighted by molar-refractivity contribution is 0.513. The minimum atomic E-state index is -2.15. The molecular formula is C12H13AlO2P+. The van der Waals surface area contributed by atoms with E-state index in [0.717, 1.165) is 0 Å². The monoisotopic (exact) mass is 247 g/mol. The highest BCUT2D eigenvalue weighted by Gasteiger charge is 2.12. The Balaban J connectivity index is 0.000000165. The van der Waals surface area contributed by atoms with Crippen molar-refractivity contribution >= 4 is 34.0 Å². The summed E-state index contributed by atoms with van der Waals surface area (Å²) in [6, 6.07) is 19.0. The van der Waals surface area contributed by atoms with Gasteiger partial charge < -0.3 is 0 Å². The largest absolute Gasteiger partial charge is 0.546 e. The highest BCUT2D eigenvalue weighted by Crippen LogP contribution is 2.10. The molecular weight excluding hydrogens is 234 g/mol. The molecule has 0 bridgehead atoms. The van der Waals surface area contributed by atoms with Crippen LogP contribution in [0.25, 0.3) is 0 Å². The van der Waals surface area contributed by atoms with Crippen LogP contribution in [0, 0.1) is 0 Å². The van der Waals surface area contributed by atoms with Crippen LogP contribution in [0.15, 0.2) is 60.7 Å². The van der Waals surface area contributed by atoms with Crippen LogP contribution in [0.1, 0.15) is 0 Å². The molecule has 1 atom stereocenters. The highest BCUT2D eigenvalue weighted by molar-refractivity contribution is 7.47. The van der Waals surface area contributed by atoms with Gasteiger partial charge in [0.05, 0.1) is 0 Å². The number of hydrogen-bond acceptors (Lipinski definition) is 1. The minimum Gasteiger partial charge on any atom is -0.156 e. The average molecular weight is 247 g/mol. The van der Waals surface area contributed by atoms with Gasteiger partial charge in [0, 0.05) is 0 Å². The Kier molecular flexibility index (Phi) is 6.00. The first-order chi connectivity index (χ1) is 7.70. The molecule has 2 rings (SSSR count). The van der Waals surface area contributed by atoms with Crippen molar-refractivity contribution in [3.63, 3.8) is 0 Å². The van der Waals surface area contributed by atoms with Crippen molar-refractivity contribution in [2.75, 3.05) is 0 Å². The predicted octanol–water partition coefficient (Wildman–Crippen LogP) is 0.992. The van der Waals surface area contributed by atoms with Crippen molar-refractivity contribution < 1.29 is 9.46 Å². The molecule has 2 aromatic rings. The topological polar surface area (TPSA) is 37.3 Å². The van der Waals surface area contributed by atoms with Crippen LogP contribution < -0.4 is 9.73 Å². The van der Waals surface area contributed by atoms with Gasteiger partial charge in [-0.3, -0.25) is 0 Å². The fraction of sp³-hybridized carbons (Fsp3) is 0. The van der Waals surface area contributed by atoms with Crippen molar-refractivity contribution in [3.05, 3.63) is 60.7 Å². The van der Waals surface area contributed by atoms with Crippen molar-refractivity contribution in [1.29, 1.82) is 0 Å². The summed E-state index contributed by atoms with van der Waals surface area (Å²) in [7, 11) is -2.15. The van der Waals surface area contributed by atoms with E-state index in [2.05, 4.69) is 24.3 Å². The SMILES string of the molecule is O=[P+](O)c1ccccc1.[AlH2][c]1ccccc1. The second-order valence-corrected chi connectivity index (χ2v) is 5.48. The molecule has 0 radical (unpaired) electrons. The lowest BCUT2D eigenvalue weighted by atomic mass is 10.4. The van der Waals surface area contributed by atoms with Gasteiger partial charge >= 0.3 is 8.03 Å². The highest BCUT2D eigenvalue weighted by atomic mass is 31.1. The first-order valence-corrected chi connectivity index (χ1v) is 7.14. The number of hydrogen-bond donors (Lipinski definition) is 1. The molecule has 0 aliphatic heterocycles. The maximum atomic E-state index is 10.3. The molecule has 0 heterocycles. The lowest BCUT2D eigenvalue weighted by Crippen LogP contribution is -1.97. The molecule has 0 aliphatic carbocycles. The fourth-order valence-corrected chi connectivity index (χ4v) is 1.90. The third-order valence-corrected chi connectivity index (χ3v) is 3.32. The third kappa shape index (κ3) is 5.21. The molecule has 0 spiro atoms. The van der Waals surface area contributed by atoms with Gasteiger partial charge in [-0.05, 0) is 16.7 Å². The van der Waals surface area contributed by atoms with E-state index < -0.39 is 8.03 Å². The first-order valence-electron chi connectivity index (χ1n) is 4.93. The Morgan fingerprint density at radius 1 is 0.875 bits per heavy atom. The molecule has 4 heteroatoms. The minimum absolute atomic E-state index is 0.479. The van der Waals surface area contributed by atoms with E-state index in [1.807, 2.05) is 12.1 Å². The van der Waals surface area contributed by atoms with Gasteiger partial charge in [-0.25, -0.2) is 0 Å². The van der Waals surface area contributed by atoms with Crippen LogP contribution in [0.2, 0.25) is 0 Å². The van der Waals surface area contributed by atoms with E-state index in [4.69, 9.17) is 4.89 Å². The van der Waals surface area contributed by atoms with Gasteiger partial charge in [0.1, 0.15) is 0 Å². The molecule has 0 amide bonds. The van der Waals surface area contributed by atoms with E-state index in [9.17, 15) is 4.57 Å². The molecule has 2 aromatic carbocycles. The van der Waals surface area contributed by atoms with Crippen LogP contribution in [-0.2, 0) is 4.57 Å². The molecule has 16 heavy (non-hydrogen) atoms. The summed E-state index contributed by atoms with van der Waals surface area (Å²) < 4.78 is 11.8. The van der Waals surface area contributed by atoms with Crippen LogP contribution in [0.4, 0.5) is 0 Å². The molecule has 0 aliphatic rings. The van der Waals surface area contributed by atoms with Crippen molar-refractivity contribution in [1.82, 2.24) is 0 Å². The summed E-state index contributed by atoms with van der Waals surface area (Å²) >= 11 is 1.17. The van der Waals surface area contributed by atoms with Crippen molar-refractivity contribution in [2.45, 2.75) is 0 Å². The standard InChI is InChI=1S/C6H5O2P.C6H5.Al.2H/c7-9(8)6-4-2-1-3-5-6;1-2-4-6-5-3-1;;;/h1-5H;1-5H;;;/p+1. The first kappa shape index (κ1) is 13.1. The maximum Gasteiger partial charge on any atom is 0.546 e. The summed E-state index contributed by atoms with van der Waals surface area (Å²) in [6.07, 6.45) is 0. The van der Waals surface area contributed by atoms with Crippen LogP contribution in [0.5, 0.6) is 0 Å². The van der Waals surface area contributed by atoms with Gasteiger partial charge in [-0.15, -0.1) is 4.43 Å². The van der Waals surface area contributed by atoms with Gasteiger partial charge in [0.2, 0.25) is 5.30 Å². The van der Waals surface area contributed by atoms with Crippen LogP contribution in [-0.4, -0.2) is 21.2 Å². The van der Waals surface area contributed by atoms with Gasteiger partial charge in [0.15, 0.2) is 0 Å². The van der Waals surface area contributed by atoms with Gasteiger partial charge in [-0.2, -0.15) is 4.89 Å². The number of rotatable bonds is 1. The van der Waals surface area contributed by atoms with Crippen LogP contribution >= 0.6 is 8.03 Å². The summed E-state index contributed by atoms with van der Waals surface area (Å²) in [5.74, 6) is 0. The Hall–Kier alpha value is -0.968. The van der Waals surface area contributed by atoms with E-state index >= 15 is 0 Å². The molecule has 0 fully saturated rings. The van der Waals surface area contributed by atoms with Gasteiger partial charge in [0.25, 0.3) is 16.3 Å². The lowest BCUT2D eigenvalue weighted by Gasteiger charge is -1.83. The second kappa shape index (κ2) is 7.33. The Labute approximate surface area is 104 Å². The quantitative estimate of drug-likeness (QED) is 0.602. The van der Waals surface area contributed by atoms with E-state index in [0.29, 0.717) is 5.30 Å². The van der Waals surface area contributed by atoms with E-state index in [1.54, 1.807) is 24.3 Å². The fourth-order valence-electron chi connectivity index (χ4n) is 1.09. The Morgan fingerprint density at radius 3 is 1.56 bits per heavy atom. The Bertz CT molecular complexity index is 431. The molecule has 1 unspecified atom stereocenters. The summed E-state index contributed by atoms with van der Waals surface area (Å²) in [4.78, 5) is 8.53. The average Bonchev–Trinajstić information content (AvgIpc) is 2.32. The molecule has 0 saturated heterocycles. The third-order valence-electron chi connectivity index (χ3n) is 1.92. The van der Waals surface area contributed by atoms with Crippen LogP contribution in [0.3, 0.4) is 0 Å². The molecule has 1 N–H and O–H groups in total. The zero-order valence-electron chi connectivity index (χ0n) is 9.08. The molecule has 2 nitrogen and oxygen atoms in total. The number of benzene rings is 2. The second-order valence-electron chi connectivity index (χ2n) is 3.26. The summed E-state index contributed by atoms with van der Waals surface area (Å²) in [5, 5.41) is 0.479. The predicted molar refractivity (Wildman–Crippen MR) is 70.5 cm³/mol. The van der Waals surface area contributed by atoms with Gasteiger partial charge in [-0.1, -0.05) is 48.5 Å². The zero-order chi connectivity index (χ0) is 11.8. The van der Waals surface area contributed by atoms with E-state index in [-0.39, 0.29) is 0 Å². The van der Waals surface area contributed by atoms with Crippen molar-refractivity contribution in [3.8, 4) is 0 Å². The maximum absolute atomic E-state index is 10.3. The Morgan fingerprint density at radius 2 is 1.31 bits per heavy atom. The molecule has 80 valence electrons. The molecule has 0 aromatic heterocycles. The summed E-state index contributed by atoms with van der Waals surface area (Å²) in [6.45, 7) is 0. The normalized spacial score (nSPS) is 9.94. The summed E-state index contributed by atoms with van der Waals surface area (Å²) in [5.41, 5.74) is 0. The smallest absolute Gasteiger partial charge is 0.156 e. The van der Waals surface area contributed by atoms with E-state index in [1.165, 1.54) is 20.7 Å². The zero-order valence-corrected chi connectivity index (χ0v) is 12.0. The molecule has 0 saturated carbocycles. The van der Waals surface area contributed by atoms with Crippen molar-refractivity contribution in [2.24, 2.45) is 0 Å².